The van der Waals surface area contributed by atoms with Crippen molar-refractivity contribution >= 4 is 92.0 Å². The fourth-order valence-corrected chi connectivity index (χ4v) is 6.43. The molecule has 0 aromatic heterocycles. The Hall–Kier alpha value is -1.62. The molecule has 4 rings (SSSR count). The number of nitrogens with two attached hydrogens (primary N) is 2. The number of phenolic OH excluding ortho intramolecular Hbond substituents is 1. The number of aldehydes is 1. The first kappa shape index (κ1) is 40.4. The van der Waals surface area contributed by atoms with Gasteiger partial charge in [0.05, 0.1) is 11.6 Å². The van der Waals surface area contributed by atoms with Crippen LogP contribution in [0.15, 0.2) is 82.8 Å². The summed E-state index contributed by atoms with van der Waals surface area (Å²) >= 11 is -5.36. The molecule has 0 spiro atoms. The first-order valence-corrected chi connectivity index (χ1v) is 31.6. The molecule has 42 heavy (non-hydrogen) atoms. The number of phenols is 1. The summed E-state index contributed by atoms with van der Waals surface area (Å²) in [6.45, 7) is 3.88. The van der Waals surface area contributed by atoms with Gasteiger partial charge in [-0.1, -0.05) is 12.1 Å². The van der Waals surface area contributed by atoms with Crippen LogP contribution in [0.25, 0.3) is 0 Å². The predicted octanol–water partition coefficient (Wildman–Crippen LogP) is 5.55. The summed E-state index contributed by atoms with van der Waals surface area (Å²) in [5.41, 5.74) is 12.0. The molecule has 0 bridgehead atoms. The van der Waals surface area contributed by atoms with Crippen LogP contribution in [0.4, 0.5) is 0 Å². The molecule has 0 aliphatic carbocycles. The van der Waals surface area contributed by atoms with Crippen LogP contribution in [0.1, 0.15) is 28.4 Å². The zero-order valence-electron chi connectivity index (χ0n) is 22.8. The number of nitrogens with zero attached hydrogens (tertiary/aromatic N) is 3. The Morgan fingerprint density at radius 3 is 1.64 bits per heavy atom. The number of carbonyl (C=O) groups is 1. The van der Waals surface area contributed by atoms with E-state index in [0.29, 0.717) is 38.0 Å². The molecule has 3 aromatic rings. The number of aromatic hydroxyl groups is 1. The average molecular weight is 861 g/mol. The molecular weight excluding hydrogens is 830 g/mol. The van der Waals surface area contributed by atoms with Crippen LogP contribution in [0.5, 0.6) is 17.2 Å². The van der Waals surface area contributed by atoms with E-state index in [0.717, 1.165) is 22.6 Å². The molecule has 0 saturated heterocycles. The number of para-hydroxylation sites is 3. The van der Waals surface area contributed by atoms with E-state index in [-0.39, 0.29) is 5.75 Å². The molecule has 0 radical (unpaired) electrons. The molecule has 222 valence electrons. The van der Waals surface area contributed by atoms with Crippen LogP contribution >= 0.6 is 34.3 Å². The molecule has 5 N–H and O–H groups in total. The van der Waals surface area contributed by atoms with E-state index in [2.05, 4.69) is 9.98 Å². The fraction of sp³-hybridized carbons (Fsp3) is 0.185. The number of hydrogen-bond acceptors (Lipinski definition) is 9. The normalized spacial score (nSPS) is 11.0. The minimum absolute atomic E-state index is 0.0347. The summed E-state index contributed by atoms with van der Waals surface area (Å²) in [5, 5.41) is 16.2. The first-order valence-electron chi connectivity index (χ1n) is 12.2. The second kappa shape index (κ2) is 27.0. The standard InChI is InChI=1S/C16H16N2O2.C7H6O2.C2H8N2.C2H3N.4ClH.2In/c19-15-7-3-1-5-13(15)11-17-9-10-18-12-14-6-2-4-8-16(14)20;8-5-6-3-1-2-4-7(6)9;3-1-2-4;1-2-3;;;;;;/h1-8,11-12,19-20H,9-10H2;1-5,9H;1-4H2;1H3;4*1H;;/q;;;;;;;;2*+3/p-6. The number of nitriles is 1. The van der Waals surface area contributed by atoms with Crippen molar-refractivity contribution in [3.05, 3.63) is 89.5 Å². The van der Waals surface area contributed by atoms with Crippen LogP contribution in [-0.2, 0) is 0 Å². The Morgan fingerprint density at radius 1 is 0.905 bits per heavy atom. The van der Waals surface area contributed by atoms with Gasteiger partial charge >= 0.3 is 186 Å². The van der Waals surface area contributed by atoms with Crippen molar-refractivity contribution in [1.29, 1.82) is 5.26 Å². The number of rotatable bonds is 2. The van der Waals surface area contributed by atoms with E-state index < -0.39 is 39.0 Å². The fourth-order valence-electron chi connectivity index (χ4n) is 2.64. The van der Waals surface area contributed by atoms with Crippen LogP contribution in [0.3, 0.4) is 0 Å². The SMILES string of the molecule is CC#N.NCCN.O=Cc1ccccc1O.[Cl][In]([Cl])[Cl].[Cl][In]1[O]c2ccccc2C=NCCN=Cc2ccccc2[O]1. The summed E-state index contributed by atoms with van der Waals surface area (Å²) < 4.78 is 11.8. The molecule has 1 aliphatic heterocycles. The zero-order chi connectivity index (χ0) is 31.6. The van der Waals surface area contributed by atoms with Gasteiger partial charge in [-0.05, 0) is 12.1 Å². The van der Waals surface area contributed by atoms with Gasteiger partial charge < -0.3 is 16.6 Å². The van der Waals surface area contributed by atoms with E-state index in [1.165, 1.54) is 13.0 Å². The van der Waals surface area contributed by atoms with Crippen molar-refractivity contribution in [3.8, 4) is 23.3 Å². The van der Waals surface area contributed by atoms with E-state index in [4.69, 9.17) is 61.9 Å². The van der Waals surface area contributed by atoms with Gasteiger partial charge in [0.15, 0.2) is 6.29 Å². The second-order valence-corrected chi connectivity index (χ2v) is 27.4. The van der Waals surface area contributed by atoms with Gasteiger partial charge in [-0.2, -0.15) is 5.26 Å². The number of aliphatic imine (C=N–C) groups is 2. The van der Waals surface area contributed by atoms with Crippen LogP contribution in [-0.4, -0.2) is 89.0 Å². The molecule has 0 saturated carbocycles. The Morgan fingerprint density at radius 2 is 1.29 bits per heavy atom. The molecule has 3 aromatic carbocycles. The summed E-state index contributed by atoms with van der Waals surface area (Å²) in [6.07, 6.45) is 4.21. The molecule has 0 atom stereocenters. The van der Waals surface area contributed by atoms with E-state index >= 15 is 0 Å². The number of hydrogen-bond donors (Lipinski definition) is 3. The third-order valence-corrected chi connectivity index (χ3v) is 8.03. The van der Waals surface area contributed by atoms with E-state index in [9.17, 15) is 4.79 Å². The molecule has 15 heteroatoms. The van der Waals surface area contributed by atoms with Crippen molar-refractivity contribution in [2.24, 2.45) is 21.5 Å². The van der Waals surface area contributed by atoms with Crippen LogP contribution < -0.4 is 17.2 Å². The average Bonchev–Trinajstić information content (AvgIpc) is 2.98. The number of fused-ring (bicyclic) bond motifs is 2. The van der Waals surface area contributed by atoms with Gasteiger partial charge in [0.2, 0.25) is 0 Å². The minimum atomic E-state index is -3.14. The Bertz CT molecular complexity index is 1200. The van der Waals surface area contributed by atoms with Crippen molar-refractivity contribution in [1.82, 2.24) is 0 Å². The van der Waals surface area contributed by atoms with Crippen LogP contribution in [0, 0.1) is 11.3 Å². The number of carbonyl (C=O) groups excluding carboxylic acids is 1. The van der Waals surface area contributed by atoms with Gasteiger partial charge in [-0.15, -0.1) is 0 Å². The second-order valence-electron chi connectivity index (χ2n) is 7.38. The van der Waals surface area contributed by atoms with Gasteiger partial charge in [-0.25, -0.2) is 0 Å². The topological polar surface area (TPSA) is 156 Å². The molecule has 9 nitrogen and oxygen atoms in total. The zero-order valence-corrected chi connectivity index (χ0v) is 32.4. The molecule has 0 unspecified atom stereocenters. The van der Waals surface area contributed by atoms with Gasteiger partial charge in [0.25, 0.3) is 0 Å². The summed E-state index contributed by atoms with van der Waals surface area (Å²) in [4.78, 5) is 18.8. The first-order chi connectivity index (χ1) is 20.2. The summed E-state index contributed by atoms with van der Waals surface area (Å²) in [5.74, 6) is 1.48. The van der Waals surface area contributed by atoms with Gasteiger partial charge in [0.1, 0.15) is 5.75 Å². The summed E-state index contributed by atoms with van der Waals surface area (Å²) in [6, 6.07) is 23.5. The molecular formula is C27H31Cl4In2N5O4. The molecule has 1 heterocycles. The van der Waals surface area contributed by atoms with Crippen molar-refractivity contribution < 1.29 is 15.6 Å². The molecule has 0 fully saturated rings. The number of halogens is 4. The quantitative estimate of drug-likeness (QED) is 0.286. The number of benzene rings is 3. The summed E-state index contributed by atoms with van der Waals surface area (Å²) in [7, 11) is 21.4. The van der Waals surface area contributed by atoms with Crippen LogP contribution in [0.2, 0.25) is 0 Å². The van der Waals surface area contributed by atoms with E-state index in [1.54, 1.807) is 36.7 Å². The Labute approximate surface area is 277 Å². The predicted molar refractivity (Wildman–Crippen MR) is 177 cm³/mol. The Kier molecular flexibility index (Phi) is 25.9. The maximum atomic E-state index is 10.1. The maximum absolute atomic E-state index is 10.1. The monoisotopic (exact) mass is 859 g/mol. The Balaban J connectivity index is 0.000000690. The van der Waals surface area contributed by atoms with E-state index in [1.807, 2.05) is 48.5 Å². The third kappa shape index (κ3) is 20.3. The van der Waals surface area contributed by atoms with Gasteiger partial charge in [-0.3, -0.25) is 4.79 Å². The van der Waals surface area contributed by atoms with Crippen molar-refractivity contribution in [3.63, 3.8) is 0 Å². The third-order valence-electron chi connectivity index (χ3n) is 4.33. The van der Waals surface area contributed by atoms with Crippen molar-refractivity contribution in [2.45, 2.75) is 6.92 Å². The molecule has 0 amide bonds. The van der Waals surface area contributed by atoms with Gasteiger partial charge in [0, 0.05) is 20.0 Å². The van der Waals surface area contributed by atoms with Crippen molar-refractivity contribution in [2.75, 3.05) is 26.2 Å². The molecule has 1 aliphatic rings.